The molecule has 0 radical (unpaired) electrons. The summed E-state index contributed by atoms with van der Waals surface area (Å²) in [5.74, 6) is 0. The first kappa shape index (κ1) is 11.2. The molecule has 0 aliphatic carbocycles. The first-order valence-corrected chi connectivity index (χ1v) is 5.13. The molecule has 0 atom stereocenters. The smallest absolute Gasteiger partial charge is 0.258 e. The van der Waals surface area contributed by atoms with Gasteiger partial charge in [0.1, 0.15) is 0 Å². The molecule has 86 valence electrons. The number of nitro benzene ring substituents is 1. The second kappa shape index (κ2) is 4.29. The van der Waals surface area contributed by atoms with E-state index in [4.69, 9.17) is 0 Å². The van der Waals surface area contributed by atoms with Crippen LogP contribution in [0.1, 0.15) is 11.4 Å². The van der Waals surface area contributed by atoms with Crippen molar-refractivity contribution >= 4 is 5.69 Å². The molecule has 5 nitrogen and oxygen atoms in total. The lowest BCUT2D eigenvalue weighted by Gasteiger charge is -2.05. The summed E-state index contributed by atoms with van der Waals surface area (Å²) in [4.78, 5) is 10.1. The molecule has 0 aliphatic heterocycles. The zero-order valence-corrected chi connectivity index (χ0v) is 9.54. The maximum absolute atomic E-state index is 10.6. The molecule has 0 saturated carbocycles. The summed E-state index contributed by atoms with van der Waals surface area (Å²) in [7, 11) is 0. The van der Waals surface area contributed by atoms with E-state index in [0.717, 1.165) is 22.5 Å². The number of hydrogen-bond acceptors (Lipinski definition) is 4. The van der Waals surface area contributed by atoms with Gasteiger partial charge in [-0.2, -0.15) is 10.2 Å². The normalized spacial score (nSPS) is 10.2. The van der Waals surface area contributed by atoms with Crippen LogP contribution < -0.4 is 0 Å². The fourth-order valence-corrected chi connectivity index (χ4v) is 1.60. The number of non-ortho nitro benzene ring substituents is 1. The molecule has 0 fully saturated rings. The fraction of sp³-hybridized carbons (Fsp3) is 0.167. The predicted octanol–water partition coefficient (Wildman–Crippen LogP) is 2.67. The minimum atomic E-state index is -0.410. The van der Waals surface area contributed by atoms with E-state index in [1.54, 1.807) is 12.1 Å². The Morgan fingerprint density at radius 2 is 1.76 bits per heavy atom. The second-order valence-corrected chi connectivity index (χ2v) is 3.79. The molecule has 0 N–H and O–H groups in total. The molecule has 5 heteroatoms. The first-order valence-electron chi connectivity index (χ1n) is 5.13. The number of aryl methyl sites for hydroxylation is 2. The second-order valence-electron chi connectivity index (χ2n) is 3.79. The summed E-state index contributed by atoms with van der Waals surface area (Å²) >= 11 is 0. The molecule has 1 aromatic heterocycles. The summed E-state index contributed by atoms with van der Waals surface area (Å²) in [5.41, 5.74) is 3.58. The molecular weight excluding hydrogens is 218 g/mol. The molecule has 0 amide bonds. The highest BCUT2D eigenvalue weighted by Gasteiger charge is 2.08. The average molecular weight is 229 g/mol. The number of nitro groups is 1. The number of aromatic nitrogens is 2. The Balaban J connectivity index is 2.46. The van der Waals surface area contributed by atoms with Crippen molar-refractivity contribution < 1.29 is 4.92 Å². The number of hydrogen-bond donors (Lipinski definition) is 0. The van der Waals surface area contributed by atoms with Gasteiger partial charge in [-0.15, -0.1) is 0 Å². The van der Waals surface area contributed by atoms with Crippen LogP contribution >= 0.6 is 0 Å². The maximum atomic E-state index is 10.6. The molecule has 0 aliphatic rings. The lowest BCUT2D eigenvalue weighted by Crippen LogP contribution is -1.94. The molecular formula is C12H11N3O2. The SMILES string of the molecule is Cc1cc(-c2ccc([N+](=O)[O-])cc2)c(C)nn1. The third-order valence-electron chi connectivity index (χ3n) is 2.49. The van der Waals surface area contributed by atoms with Gasteiger partial charge in [-0.25, -0.2) is 0 Å². The van der Waals surface area contributed by atoms with Gasteiger partial charge >= 0.3 is 0 Å². The number of rotatable bonds is 2. The Kier molecular flexibility index (Phi) is 2.82. The summed E-state index contributed by atoms with van der Waals surface area (Å²) in [5, 5.41) is 18.5. The molecule has 0 saturated heterocycles. The molecule has 2 aromatic rings. The van der Waals surface area contributed by atoms with Crippen LogP contribution in [-0.2, 0) is 0 Å². The first-order chi connectivity index (χ1) is 8.08. The highest BCUT2D eigenvalue weighted by molar-refractivity contribution is 5.66. The van der Waals surface area contributed by atoms with Crippen LogP contribution in [-0.4, -0.2) is 15.1 Å². The van der Waals surface area contributed by atoms with E-state index in [1.807, 2.05) is 19.9 Å². The quantitative estimate of drug-likeness (QED) is 0.586. The Morgan fingerprint density at radius 3 is 2.35 bits per heavy atom. The maximum Gasteiger partial charge on any atom is 0.269 e. The van der Waals surface area contributed by atoms with Crippen molar-refractivity contribution in [2.24, 2.45) is 0 Å². The largest absolute Gasteiger partial charge is 0.269 e. The average Bonchev–Trinajstić information content (AvgIpc) is 2.32. The molecule has 0 spiro atoms. The predicted molar refractivity (Wildman–Crippen MR) is 63.6 cm³/mol. The lowest BCUT2D eigenvalue weighted by molar-refractivity contribution is -0.384. The Bertz CT molecular complexity index is 564. The van der Waals surface area contributed by atoms with E-state index < -0.39 is 4.92 Å². The van der Waals surface area contributed by atoms with Crippen molar-refractivity contribution in [3.63, 3.8) is 0 Å². The monoisotopic (exact) mass is 229 g/mol. The summed E-state index contributed by atoms with van der Waals surface area (Å²) in [6.07, 6.45) is 0. The molecule has 17 heavy (non-hydrogen) atoms. The highest BCUT2D eigenvalue weighted by Crippen LogP contribution is 2.24. The van der Waals surface area contributed by atoms with Crippen LogP contribution in [0.3, 0.4) is 0 Å². The fourth-order valence-electron chi connectivity index (χ4n) is 1.60. The van der Waals surface area contributed by atoms with Crippen LogP contribution in [0.25, 0.3) is 11.1 Å². The van der Waals surface area contributed by atoms with Crippen LogP contribution in [0.15, 0.2) is 30.3 Å². The molecule has 0 bridgehead atoms. The van der Waals surface area contributed by atoms with Crippen molar-refractivity contribution in [1.82, 2.24) is 10.2 Å². The van der Waals surface area contributed by atoms with E-state index in [2.05, 4.69) is 10.2 Å². The minimum absolute atomic E-state index is 0.0881. The van der Waals surface area contributed by atoms with E-state index >= 15 is 0 Å². The van der Waals surface area contributed by atoms with E-state index in [1.165, 1.54) is 12.1 Å². The summed E-state index contributed by atoms with van der Waals surface area (Å²) in [6.45, 7) is 3.73. The van der Waals surface area contributed by atoms with Gasteiger partial charge in [0.2, 0.25) is 0 Å². The minimum Gasteiger partial charge on any atom is -0.258 e. The van der Waals surface area contributed by atoms with E-state index in [-0.39, 0.29) is 5.69 Å². The van der Waals surface area contributed by atoms with Gasteiger partial charge in [0.25, 0.3) is 5.69 Å². The third kappa shape index (κ3) is 2.28. The lowest BCUT2D eigenvalue weighted by atomic mass is 10.0. The number of benzene rings is 1. The van der Waals surface area contributed by atoms with Crippen LogP contribution in [0.5, 0.6) is 0 Å². The Morgan fingerprint density at radius 1 is 1.12 bits per heavy atom. The van der Waals surface area contributed by atoms with Crippen molar-refractivity contribution in [2.75, 3.05) is 0 Å². The Labute approximate surface area is 98.3 Å². The topological polar surface area (TPSA) is 68.9 Å². The standard InChI is InChI=1S/C12H11N3O2/c1-8-7-12(9(2)14-13-8)10-3-5-11(6-4-10)15(16)17/h3-7H,1-2H3. The third-order valence-corrected chi connectivity index (χ3v) is 2.49. The highest BCUT2D eigenvalue weighted by atomic mass is 16.6. The molecule has 1 heterocycles. The van der Waals surface area contributed by atoms with Crippen molar-refractivity contribution in [3.8, 4) is 11.1 Å². The number of nitrogens with zero attached hydrogens (tertiary/aromatic N) is 3. The van der Waals surface area contributed by atoms with Gasteiger partial charge < -0.3 is 0 Å². The van der Waals surface area contributed by atoms with Crippen molar-refractivity contribution in [3.05, 3.63) is 51.8 Å². The van der Waals surface area contributed by atoms with E-state index in [9.17, 15) is 10.1 Å². The van der Waals surface area contributed by atoms with Gasteiger partial charge in [-0.05, 0) is 37.6 Å². The van der Waals surface area contributed by atoms with Gasteiger partial charge in [0.05, 0.1) is 16.3 Å². The van der Waals surface area contributed by atoms with Crippen LogP contribution in [0.4, 0.5) is 5.69 Å². The van der Waals surface area contributed by atoms with Gasteiger partial charge in [-0.1, -0.05) is 0 Å². The summed E-state index contributed by atoms with van der Waals surface area (Å²) in [6, 6.07) is 8.35. The van der Waals surface area contributed by atoms with E-state index in [0.29, 0.717) is 0 Å². The van der Waals surface area contributed by atoms with Crippen LogP contribution in [0.2, 0.25) is 0 Å². The zero-order valence-electron chi connectivity index (χ0n) is 9.54. The zero-order chi connectivity index (χ0) is 12.4. The van der Waals surface area contributed by atoms with Crippen molar-refractivity contribution in [2.45, 2.75) is 13.8 Å². The molecule has 1 aromatic carbocycles. The van der Waals surface area contributed by atoms with Crippen molar-refractivity contribution in [1.29, 1.82) is 0 Å². The molecule has 2 rings (SSSR count). The van der Waals surface area contributed by atoms with Gasteiger partial charge in [0.15, 0.2) is 0 Å². The Hall–Kier alpha value is -2.30. The van der Waals surface area contributed by atoms with Gasteiger partial charge in [0, 0.05) is 17.7 Å². The van der Waals surface area contributed by atoms with Crippen LogP contribution in [0, 0.1) is 24.0 Å². The van der Waals surface area contributed by atoms with Gasteiger partial charge in [-0.3, -0.25) is 10.1 Å². The summed E-state index contributed by atoms with van der Waals surface area (Å²) < 4.78 is 0. The molecule has 0 unspecified atom stereocenters.